The van der Waals surface area contributed by atoms with E-state index in [2.05, 4.69) is 26.8 Å². The van der Waals surface area contributed by atoms with Gasteiger partial charge in [-0.1, -0.05) is 62.8 Å². The summed E-state index contributed by atoms with van der Waals surface area (Å²) in [5.41, 5.74) is 3.36. The number of carbonyl (C=O) groups excluding carboxylic acids is 1. The van der Waals surface area contributed by atoms with Crippen LogP contribution >= 0.6 is 0 Å². The zero-order valence-electron chi connectivity index (χ0n) is 14.5. The standard InChI is InChI=1S/C21H27NO/c1-20(2)18-9-12-21(20,3)19(15-18)11-14-22(16-23)13-10-17-7-5-4-6-8-17/h4-8,10,13,15-16,18H,9,11-12,14H2,1-3H3/b13-10+/t18-,21+/m1/s1. The van der Waals surface area contributed by atoms with E-state index >= 15 is 0 Å². The van der Waals surface area contributed by atoms with Crippen LogP contribution in [0, 0.1) is 16.7 Å². The number of allylic oxidation sites excluding steroid dienone is 1. The molecule has 0 aromatic heterocycles. The van der Waals surface area contributed by atoms with Gasteiger partial charge in [0.1, 0.15) is 0 Å². The fourth-order valence-electron chi connectivity index (χ4n) is 4.35. The van der Waals surface area contributed by atoms with Gasteiger partial charge in [0.05, 0.1) is 0 Å². The van der Waals surface area contributed by atoms with E-state index in [4.69, 9.17) is 0 Å². The third-order valence-electron chi connectivity index (χ3n) is 6.45. The Labute approximate surface area is 139 Å². The number of rotatable bonds is 6. The molecule has 1 saturated carbocycles. The largest absolute Gasteiger partial charge is 0.321 e. The summed E-state index contributed by atoms with van der Waals surface area (Å²) in [6, 6.07) is 10.1. The summed E-state index contributed by atoms with van der Waals surface area (Å²) in [4.78, 5) is 13.1. The first kappa shape index (κ1) is 16.0. The third-order valence-corrected chi connectivity index (χ3v) is 6.45. The average molecular weight is 309 g/mol. The summed E-state index contributed by atoms with van der Waals surface area (Å²) in [6.07, 6.45) is 10.9. The first-order valence-corrected chi connectivity index (χ1v) is 8.63. The lowest BCUT2D eigenvalue weighted by Crippen LogP contribution is -2.31. The van der Waals surface area contributed by atoms with Crippen molar-refractivity contribution in [3.63, 3.8) is 0 Å². The van der Waals surface area contributed by atoms with Crippen LogP contribution in [0.1, 0.15) is 45.6 Å². The molecule has 2 bridgehead atoms. The average Bonchev–Trinajstić information content (AvgIpc) is 2.89. The van der Waals surface area contributed by atoms with Crippen molar-refractivity contribution in [3.8, 4) is 0 Å². The number of hydrogen-bond acceptors (Lipinski definition) is 1. The molecule has 2 nitrogen and oxygen atoms in total. The highest BCUT2D eigenvalue weighted by Gasteiger charge is 2.56. The first-order chi connectivity index (χ1) is 11.0. The Hall–Kier alpha value is -1.83. The van der Waals surface area contributed by atoms with E-state index in [0.29, 0.717) is 16.7 Å². The lowest BCUT2D eigenvalue weighted by atomic mass is 9.67. The molecule has 1 aromatic rings. The van der Waals surface area contributed by atoms with Gasteiger partial charge in [-0.3, -0.25) is 4.79 Å². The molecule has 2 heteroatoms. The van der Waals surface area contributed by atoms with Crippen molar-refractivity contribution in [1.29, 1.82) is 0 Å². The number of nitrogens with zero attached hydrogens (tertiary/aromatic N) is 1. The summed E-state index contributed by atoms with van der Waals surface area (Å²) >= 11 is 0. The monoisotopic (exact) mass is 309 g/mol. The highest BCUT2D eigenvalue weighted by Crippen LogP contribution is 2.65. The first-order valence-electron chi connectivity index (χ1n) is 8.63. The van der Waals surface area contributed by atoms with Crippen LogP contribution < -0.4 is 0 Å². The second-order valence-corrected chi connectivity index (χ2v) is 7.71. The fraction of sp³-hybridized carbons (Fsp3) is 0.476. The number of benzene rings is 1. The van der Waals surface area contributed by atoms with Gasteiger partial charge < -0.3 is 4.90 Å². The van der Waals surface area contributed by atoms with E-state index in [1.165, 1.54) is 12.8 Å². The third kappa shape index (κ3) is 2.75. The van der Waals surface area contributed by atoms with Crippen LogP contribution in [0.15, 0.2) is 48.2 Å². The zero-order valence-corrected chi connectivity index (χ0v) is 14.5. The molecule has 23 heavy (non-hydrogen) atoms. The maximum Gasteiger partial charge on any atom is 0.213 e. The van der Waals surface area contributed by atoms with Gasteiger partial charge in [0.2, 0.25) is 6.41 Å². The SMILES string of the molecule is CC1(C)[C@H]2C=C(CCN(C=O)/C=C/c3ccccc3)[C@]1(C)CC2. The van der Waals surface area contributed by atoms with E-state index in [0.717, 1.165) is 24.9 Å². The lowest BCUT2D eigenvalue weighted by molar-refractivity contribution is -0.115. The summed E-state index contributed by atoms with van der Waals surface area (Å²) in [5, 5.41) is 0. The molecule has 0 unspecified atom stereocenters. The van der Waals surface area contributed by atoms with Crippen LogP contribution in [-0.2, 0) is 4.79 Å². The number of fused-ring (bicyclic) bond motifs is 2. The molecule has 3 rings (SSSR count). The smallest absolute Gasteiger partial charge is 0.213 e. The van der Waals surface area contributed by atoms with E-state index in [9.17, 15) is 4.79 Å². The molecule has 2 atom stereocenters. The predicted octanol–water partition coefficient (Wildman–Crippen LogP) is 4.89. The minimum Gasteiger partial charge on any atom is -0.321 e. The molecule has 1 aromatic carbocycles. The topological polar surface area (TPSA) is 20.3 Å². The number of carbonyl (C=O) groups is 1. The minimum atomic E-state index is 0.315. The Balaban J connectivity index is 1.63. The maximum absolute atomic E-state index is 11.4. The van der Waals surface area contributed by atoms with E-state index in [1.54, 1.807) is 10.5 Å². The van der Waals surface area contributed by atoms with Crippen molar-refractivity contribution in [1.82, 2.24) is 4.90 Å². The zero-order chi connectivity index (χ0) is 16.5. The van der Waals surface area contributed by atoms with Crippen molar-refractivity contribution >= 4 is 12.5 Å². The van der Waals surface area contributed by atoms with Crippen LogP contribution in [0.25, 0.3) is 6.08 Å². The van der Waals surface area contributed by atoms with Gasteiger partial charge in [0, 0.05) is 12.7 Å². The van der Waals surface area contributed by atoms with Crippen LogP contribution in [0.4, 0.5) is 0 Å². The van der Waals surface area contributed by atoms with Crippen molar-refractivity contribution in [2.45, 2.75) is 40.0 Å². The van der Waals surface area contributed by atoms with Gasteiger partial charge in [-0.25, -0.2) is 0 Å². The second-order valence-electron chi connectivity index (χ2n) is 7.71. The molecule has 1 fully saturated rings. The molecule has 0 N–H and O–H groups in total. The normalized spacial score (nSPS) is 28.1. The van der Waals surface area contributed by atoms with Crippen molar-refractivity contribution in [2.24, 2.45) is 16.7 Å². The highest BCUT2D eigenvalue weighted by atomic mass is 16.1. The van der Waals surface area contributed by atoms with Crippen molar-refractivity contribution in [3.05, 3.63) is 53.7 Å². The molecule has 2 aliphatic carbocycles. The highest BCUT2D eigenvalue weighted by molar-refractivity contribution is 5.55. The summed E-state index contributed by atoms with van der Waals surface area (Å²) in [5.74, 6) is 0.715. The van der Waals surface area contributed by atoms with Gasteiger partial charge in [0.15, 0.2) is 0 Å². The Morgan fingerprint density at radius 3 is 2.52 bits per heavy atom. The Morgan fingerprint density at radius 1 is 1.22 bits per heavy atom. The molecule has 0 spiro atoms. The molecule has 1 amide bonds. The fourth-order valence-corrected chi connectivity index (χ4v) is 4.35. The van der Waals surface area contributed by atoms with Crippen molar-refractivity contribution < 1.29 is 4.79 Å². The van der Waals surface area contributed by atoms with Crippen LogP contribution in [0.5, 0.6) is 0 Å². The van der Waals surface area contributed by atoms with Crippen molar-refractivity contribution in [2.75, 3.05) is 6.54 Å². The lowest BCUT2D eigenvalue weighted by Gasteiger charge is -2.38. The molecular formula is C21H27NO. The van der Waals surface area contributed by atoms with Gasteiger partial charge in [0.25, 0.3) is 0 Å². The van der Waals surface area contributed by atoms with Crippen LogP contribution in [-0.4, -0.2) is 17.9 Å². The number of amides is 1. The molecule has 0 aliphatic heterocycles. The Kier molecular flexibility index (Phi) is 4.18. The van der Waals surface area contributed by atoms with Crippen LogP contribution in [0.3, 0.4) is 0 Å². The number of hydrogen-bond donors (Lipinski definition) is 0. The maximum atomic E-state index is 11.4. The van der Waals surface area contributed by atoms with E-state index in [-0.39, 0.29) is 0 Å². The predicted molar refractivity (Wildman–Crippen MR) is 95.6 cm³/mol. The summed E-state index contributed by atoms with van der Waals surface area (Å²) < 4.78 is 0. The molecule has 2 aliphatic rings. The van der Waals surface area contributed by atoms with Gasteiger partial charge in [-0.15, -0.1) is 0 Å². The molecule has 0 saturated heterocycles. The second kappa shape index (κ2) is 5.99. The summed E-state index contributed by atoms with van der Waals surface area (Å²) in [7, 11) is 0. The Morgan fingerprint density at radius 2 is 1.96 bits per heavy atom. The van der Waals surface area contributed by atoms with E-state index in [1.807, 2.05) is 42.6 Å². The van der Waals surface area contributed by atoms with E-state index < -0.39 is 0 Å². The Bertz CT molecular complexity index is 629. The molecule has 0 heterocycles. The van der Waals surface area contributed by atoms with Gasteiger partial charge >= 0.3 is 0 Å². The van der Waals surface area contributed by atoms with Gasteiger partial charge in [-0.2, -0.15) is 0 Å². The van der Waals surface area contributed by atoms with Crippen LogP contribution in [0.2, 0.25) is 0 Å². The molecule has 122 valence electrons. The summed E-state index contributed by atoms with van der Waals surface area (Å²) in [6.45, 7) is 7.98. The quantitative estimate of drug-likeness (QED) is 0.541. The molecule has 0 radical (unpaired) electrons. The minimum absolute atomic E-state index is 0.315. The van der Waals surface area contributed by atoms with Gasteiger partial charge in [-0.05, 0) is 47.6 Å². The molecular weight excluding hydrogens is 282 g/mol.